The van der Waals surface area contributed by atoms with Crippen LogP contribution in [0, 0.1) is 5.92 Å². The Morgan fingerprint density at radius 3 is 2.45 bits per heavy atom. The average Bonchev–Trinajstić information content (AvgIpc) is 3.22. The molecule has 4 rings (SSSR count). The van der Waals surface area contributed by atoms with E-state index in [0.717, 1.165) is 23.8 Å². The number of hydrogen-bond donors (Lipinski definition) is 1. The van der Waals surface area contributed by atoms with Crippen LogP contribution >= 0.6 is 0 Å². The minimum Gasteiger partial charge on any atom is -0.460 e. The number of halogens is 5. The molecule has 1 heterocycles. The number of benzene rings is 2. The maximum Gasteiger partial charge on any atom is 0.573 e. The molecule has 2 aromatic carbocycles. The molecule has 1 unspecified atom stereocenters. The summed E-state index contributed by atoms with van der Waals surface area (Å²) in [5.74, 6) is -2.27. The fourth-order valence-electron chi connectivity index (χ4n) is 5.47. The van der Waals surface area contributed by atoms with Crippen molar-refractivity contribution in [3.63, 3.8) is 0 Å². The third-order valence-corrected chi connectivity index (χ3v) is 6.71. The number of esters is 1. The molecular weight excluding hydrogens is 513 g/mol. The Morgan fingerprint density at radius 2 is 1.82 bits per heavy atom. The monoisotopic (exact) mass is 543 g/mol. The molecule has 1 spiro atoms. The van der Waals surface area contributed by atoms with Gasteiger partial charge in [-0.1, -0.05) is 30.3 Å². The van der Waals surface area contributed by atoms with E-state index in [1.54, 1.807) is 20.8 Å². The lowest BCUT2D eigenvalue weighted by atomic mass is 9.64. The average molecular weight is 544 g/mol. The second kappa shape index (κ2) is 10.7. The zero-order valence-electron chi connectivity index (χ0n) is 21.2. The Labute approximate surface area is 217 Å². The van der Waals surface area contributed by atoms with Crippen molar-refractivity contribution in [3.05, 3.63) is 59.7 Å². The van der Waals surface area contributed by atoms with Gasteiger partial charge in [0.25, 0.3) is 0 Å². The van der Waals surface area contributed by atoms with Crippen LogP contribution in [0.3, 0.4) is 0 Å². The lowest BCUT2D eigenvalue weighted by Crippen LogP contribution is -2.47. The van der Waals surface area contributed by atoms with Gasteiger partial charge in [0.15, 0.2) is 0 Å². The summed E-state index contributed by atoms with van der Waals surface area (Å²) in [6.45, 7) is 2.16. The third-order valence-electron chi connectivity index (χ3n) is 6.71. The summed E-state index contributed by atoms with van der Waals surface area (Å²) >= 11 is 0. The first-order chi connectivity index (χ1) is 17.8. The van der Waals surface area contributed by atoms with E-state index >= 15 is 0 Å². The molecule has 6 nitrogen and oxygen atoms in total. The van der Waals surface area contributed by atoms with Crippen molar-refractivity contribution >= 4 is 5.97 Å². The lowest BCUT2D eigenvalue weighted by Gasteiger charge is -2.44. The predicted molar refractivity (Wildman–Crippen MR) is 126 cm³/mol. The molecular formula is C27H30F5NO5. The van der Waals surface area contributed by atoms with Gasteiger partial charge in [0.2, 0.25) is 0 Å². The van der Waals surface area contributed by atoms with Gasteiger partial charge < -0.3 is 14.2 Å². The van der Waals surface area contributed by atoms with Crippen molar-refractivity contribution in [1.82, 2.24) is 5.48 Å². The van der Waals surface area contributed by atoms with Crippen molar-refractivity contribution in [3.8, 4) is 11.5 Å². The van der Waals surface area contributed by atoms with Crippen molar-refractivity contribution in [2.45, 2.75) is 82.6 Å². The van der Waals surface area contributed by atoms with Crippen LogP contribution in [0.25, 0.3) is 0 Å². The first kappa shape index (κ1) is 28.1. The summed E-state index contributed by atoms with van der Waals surface area (Å²) in [7, 11) is 0. The molecule has 4 atom stereocenters. The van der Waals surface area contributed by atoms with Crippen molar-refractivity contribution in [2.24, 2.45) is 5.92 Å². The molecule has 0 amide bonds. The topological polar surface area (TPSA) is 66.0 Å². The number of hydroxylamine groups is 1. The molecule has 2 fully saturated rings. The molecule has 0 bridgehead atoms. The smallest absolute Gasteiger partial charge is 0.460 e. The number of ether oxygens (including phenoxy) is 3. The van der Waals surface area contributed by atoms with Crippen LogP contribution in [-0.2, 0) is 14.4 Å². The van der Waals surface area contributed by atoms with E-state index in [-0.39, 0.29) is 23.7 Å². The van der Waals surface area contributed by atoms with E-state index in [9.17, 15) is 26.7 Å². The molecule has 0 radical (unpaired) electrons. The maximum atomic E-state index is 13.3. The Hall–Kier alpha value is -2.92. The highest BCUT2D eigenvalue weighted by molar-refractivity contribution is 5.75. The summed E-state index contributed by atoms with van der Waals surface area (Å²) < 4.78 is 79.2. The van der Waals surface area contributed by atoms with E-state index in [4.69, 9.17) is 9.57 Å². The normalized spacial score (nSPS) is 26.0. The molecule has 1 aliphatic carbocycles. The van der Waals surface area contributed by atoms with Gasteiger partial charge >= 0.3 is 18.9 Å². The van der Waals surface area contributed by atoms with E-state index in [2.05, 4.69) is 15.0 Å². The number of alkyl halides is 5. The molecule has 11 heteroatoms. The van der Waals surface area contributed by atoms with Gasteiger partial charge in [-0.25, -0.2) is 0 Å². The van der Waals surface area contributed by atoms with Crippen LogP contribution in [0.1, 0.15) is 69.5 Å². The molecule has 38 heavy (non-hydrogen) atoms. The van der Waals surface area contributed by atoms with Crippen molar-refractivity contribution in [2.75, 3.05) is 0 Å². The zero-order valence-corrected chi connectivity index (χ0v) is 21.2. The summed E-state index contributed by atoms with van der Waals surface area (Å²) in [6.07, 6.45) is -3.08. The first-order valence-corrected chi connectivity index (χ1v) is 12.3. The molecule has 2 aromatic rings. The third kappa shape index (κ3) is 6.55. The standard InChI is InChI=1S/C27H30F5NO5/c1-25(2,3)37-23(34)18-10-7-13-26(22(18)16-8-5-4-6-9-16)15-20(33-38-26)19-14-17(36-27(30,31)32)11-12-21(19)35-24(28)29/h4-6,8-9,11-12,14,18,20,22,24,33H,7,10,13,15H2,1-3H3/t18?,20-,22-,26-/m1/s1. The van der Waals surface area contributed by atoms with Gasteiger partial charge in [0.1, 0.15) is 17.1 Å². The summed E-state index contributed by atoms with van der Waals surface area (Å²) in [6, 6.07) is 11.4. The second-order valence-corrected chi connectivity index (χ2v) is 10.6. The summed E-state index contributed by atoms with van der Waals surface area (Å²) in [5, 5.41) is 0. The van der Waals surface area contributed by atoms with E-state index in [0.29, 0.717) is 19.3 Å². The van der Waals surface area contributed by atoms with E-state index < -0.39 is 47.8 Å². The number of nitrogens with one attached hydrogen (secondary N) is 1. The largest absolute Gasteiger partial charge is 0.573 e. The number of hydrogen-bond acceptors (Lipinski definition) is 6. The first-order valence-electron chi connectivity index (χ1n) is 12.3. The van der Waals surface area contributed by atoms with Gasteiger partial charge in [-0.15, -0.1) is 13.2 Å². The summed E-state index contributed by atoms with van der Waals surface area (Å²) in [5.41, 5.74) is 2.02. The van der Waals surface area contributed by atoms with E-state index in [1.807, 2.05) is 30.3 Å². The minimum absolute atomic E-state index is 0.0233. The number of rotatable bonds is 6. The van der Waals surface area contributed by atoms with Crippen LogP contribution in [0.15, 0.2) is 48.5 Å². The summed E-state index contributed by atoms with van der Waals surface area (Å²) in [4.78, 5) is 19.5. The van der Waals surface area contributed by atoms with Crippen molar-refractivity contribution in [1.29, 1.82) is 0 Å². The van der Waals surface area contributed by atoms with Gasteiger partial charge in [0.05, 0.1) is 17.6 Å². The Kier molecular flexibility index (Phi) is 7.90. The van der Waals surface area contributed by atoms with Crippen LogP contribution < -0.4 is 15.0 Å². The SMILES string of the molecule is CC(C)(C)OC(=O)C1CCC[C@@]2(C[C@H](c3cc(OC(F)(F)F)ccc3OC(F)F)NO2)[C@@H]1c1ccccc1. The highest BCUT2D eigenvalue weighted by atomic mass is 19.4. The van der Waals surface area contributed by atoms with E-state index in [1.165, 1.54) is 0 Å². The van der Waals surface area contributed by atoms with Crippen LogP contribution in [0.2, 0.25) is 0 Å². The predicted octanol–water partition coefficient (Wildman–Crippen LogP) is 6.82. The molecule has 2 aliphatic rings. The number of carbonyl (C=O) groups excluding carboxylic acids is 1. The molecule has 0 aromatic heterocycles. The Bertz CT molecular complexity index is 1120. The lowest BCUT2D eigenvalue weighted by molar-refractivity contribution is -0.274. The minimum atomic E-state index is -4.97. The zero-order chi connectivity index (χ0) is 27.7. The molecule has 208 valence electrons. The quantitative estimate of drug-likeness (QED) is 0.319. The van der Waals surface area contributed by atoms with Crippen LogP contribution in [0.5, 0.6) is 11.5 Å². The molecule has 1 aliphatic heterocycles. The fourth-order valence-corrected chi connectivity index (χ4v) is 5.47. The number of carbonyl (C=O) groups is 1. The molecule has 1 saturated carbocycles. The van der Waals surface area contributed by atoms with Gasteiger partial charge in [-0.05, 0) is 63.8 Å². The van der Waals surface area contributed by atoms with Gasteiger partial charge in [-0.2, -0.15) is 14.3 Å². The van der Waals surface area contributed by atoms with Gasteiger partial charge in [-0.3, -0.25) is 9.63 Å². The molecule has 1 saturated heterocycles. The highest BCUT2D eigenvalue weighted by Crippen LogP contribution is 2.54. The van der Waals surface area contributed by atoms with Crippen LogP contribution in [0.4, 0.5) is 22.0 Å². The second-order valence-electron chi connectivity index (χ2n) is 10.6. The molecule has 1 N–H and O–H groups in total. The van der Waals surface area contributed by atoms with Crippen LogP contribution in [-0.4, -0.2) is 30.1 Å². The van der Waals surface area contributed by atoms with Crippen molar-refractivity contribution < 1.29 is 45.8 Å². The highest BCUT2D eigenvalue weighted by Gasteiger charge is 2.55. The van der Waals surface area contributed by atoms with Gasteiger partial charge in [0, 0.05) is 17.9 Å². The fraction of sp³-hybridized carbons (Fsp3) is 0.519. The maximum absolute atomic E-state index is 13.3. The Morgan fingerprint density at radius 1 is 1.11 bits per heavy atom. The Balaban J connectivity index is 1.71.